The number of benzene rings is 1. The van der Waals surface area contributed by atoms with Crippen LogP contribution in [0.15, 0.2) is 29.4 Å². The van der Waals surface area contributed by atoms with Crippen molar-refractivity contribution in [1.29, 1.82) is 0 Å². The number of carbonyl (C=O) groups is 1. The van der Waals surface area contributed by atoms with Gasteiger partial charge in [0.25, 0.3) is 11.6 Å². The van der Waals surface area contributed by atoms with Crippen LogP contribution in [-0.2, 0) is 9.22 Å². The first-order chi connectivity index (χ1) is 13.3. The Hall–Kier alpha value is -1.84. The summed E-state index contributed by atoms with van der Waals surface area (Å²) in [5.41, 5.74) is 9.42. The highest BCUT2D eigenvalue weighted by molar-refractivity contribution is 6.74. The zero-order valence-electron chi connectivity index (χ0n) is 16.9. The van der Waals surface area contributed by atoms with Gasteiger partial charge in [-0.3, -0.25) is 14.9 Å². The summed E-state index contributed by atoms with van der Waals surface area (Å²) in [6.07, 6.45) is 0. The van der Waals surface area contributed by atoms with E-state index in [2.05, 4.69) is 36.1 Å². The molecule has 12 heteroatoms. The molecule has 0 aliphatic carbocycles. The van der Waals surface area contributed by atoms with Crippen LogP contribution in [-0.4, -0.2) is 36.6 Å². The Morgan fingerprint density at radius 1 is 1.34 bits per heavy atom. The average molecular weight is 462 g/mol. The molecule has 0 heterocycles. The lowest BCUT2D eigenvalue weighted by atomic mass is 10.00. The lowest BCUT2D eigenvalue weighted by molar-refractivity contribution is -0.384. The van der Waals surface area contributed by atoms with Crippen molar-refractivity contribution in [1.82, 2.24) is 5.32 Å². The fraction of sp³-hybridized carbons (Fsp3) is 0.588. The topological polar surface area (TPSA) is 130 Å². The van der Waals surface area contributed by atoms with Crippen LogP contribution in [0.3, 0.4) is 0 Å². The quantitative estimate of drug-likeness (QED) is 0.102. The Labute approximate surface area is 180 Å². The molecule has 0 saturated carbocycles. The Kier molecular flexibility index (Phi) is 8.92. The van der Waals surface area contributed by atoms with E-state index in [1.165, 1.54) is 24.3 Å². The second-order valence-electron chi connectivity index (χ2n) is 7.99. The zero-order chi connectivity index (χ0) is 22.4. The van der Waals surface area contributed by atoms with Gasteiger partial charge in [0.15, 0.2) is 13.2 Å². The van der Waals surface area contributed by atoms with Crippen molar-refractivity contribution in [3.8, 4) is 0 Å². The summed E-state index contributed by atoms with van der Waals surface area (Å²) in [7, 11) is -2.18. The maximum absolute atomic E-state index is 12.1. The monoisotopic (exact) mass is 461 g/mol. The number of carbonyl (C=O) groups excluding carboxylic acids is 1. The number of hydrogen-bond donors (Lipinski definition) is 1. The Morgan fingerprint density at radius 3 is 2.31 bits per heavy atom. The number of non-ortho nitro benzene ring substituents is 1. The summed E-state index contributed by atoms with van der Waals surface area (Å²) in [6, 6.07) is 3.91. The molecule has 0 spiro atoms. The van der Waals surface area contributed by atoms with Crippen molar-refractivity contribution in [2.75, 3.05) is 6.61 Å². The van der Waals surface area contributed by atoms with Crippen molar-refractivity contribution in [3.63, 3.8) is 0 Å². The van der Waals surface area contributed by atoms with Crippen LogP contribution in [0.4, 0.5) is 5.69 Å². The van der Waals surface area contributed by atoms with Crippen molar-refractivity contribution in [2.45, 2.75) is 55.8 Å². The number of amides is 1. The van der Waals surface area contributed by atoms with E-state index < -0.39 is 36.1 Å². The molecule has 0 aliphatic rings. The SMILES string of the molecule is CC(C)(C)[Si](C)(C)OC[C@@H](NC(=O)C(Cl)Cl)[C@@H](N=[N+]=[N-])c1ccc([N+](=O)[O-])cc1. The maximum atomic E-state index is 12.1. The fourth-order valence-corrected chi connectivity index (χ4v) is 3.36. The Bertz CT molecular complexity index is 777. The van der Waals surface area contributed by atoms with Gasteiger partial charge < -0.3 is 9.74 Å². The zero-order valence-corrected chi connectivity index (χ0v) is 19.4. The molecule has 1 rings (SSSR count). The first kappa shape index (κ1) is 25.2. The van der Waals surface area contributed by atoms with E-state index in [9.17, 15) is 14.9 Å². The van der Waals surface area contributed by atoms with Gasteiger partial charge in [0, 0.05) is 17.0 Å². The molecule has 0 aliphatic heterocycles. The molecular formula is C17H25Cl2N5O4Si. The number of nitro benzene ring substituents is 1. The number of nitrogens with zero attached hydrogens (tertiary/aromatic N) is 4. The molecule has 0 saturated heterocycles. The number of nitrogens with one attached hydrogen (secondary N) is 1. The normalized spacial score (nSPS) is 14.1. The van der Waals surface area contributed by atoms with Gasteiger partial charge >= 0.3 is 0 Å². The highest BCUT2D eigenvalue weighted by atomic mass is 35.5. The summed E-state index contributed by atoms with van der Waals surface area (Å²) < 4.78 is 6.19. The highest BCUT2D eigenvalue weighted by Crippen LogP contribution is 2.37. The van der Waals surface area contributed by atoms with Crippen LogP contribution in [0.25, 0.3) is 10.4 Å². The van der Waals surface area contributed by atoms with Crippen LogP contribution >= 0.6 is 23.2 Å². The lowest BCUT2D eigenvalue weighted by Crippen LogP contribution is -2.49. The predicted molar refractivity (Wildman–Crippen MR) is 116 cm³/mol. The largest absolute Gasteiger partial charge is 0.415 e. The first-order valence-corrected chi connectivity index (χ1v) is 12.6. The number of nitro groups is 1. The minimum Gasteiger partial charge on any atom is -0.415 e. The van der Waals surface area contributed by atoms with Crippen LogP contribution in [0, 0.1) is 10.1 Å². The number of azide groups is 1. The molecule has 0 radical (unpaired) electrons. The Morgan fingerprint density at radius 2 is 1.90 bits per heavy atom. The number of rotatable bonds is 9. The van der Waals surface area contributed by atoms with E-state index in [0.717, 1.165) is 0 Å². The van der Waals surface area contributed by atoms with Crippen LogP contribution in [0.2, 0.25) is 18.1 Å². The van der Waals surface area contributed by atoms with Crippen molar-refractivity contribution < 1.29 is 14.1 Å². The van der Waals surface area contributed by atoms with Gasteiger partial charge in [-0.15, -0.1) is 0 Å². The lowest BCUT2D eigenvalue weighted by Gasteiger charge is -2.38. The van der Waals surface area contributed by atoms with Crippen LogP contribution in [0.1, 0.15) is 32.4 Å². The summed E-state index contributed by atoms with van der Waals surface area (Å²) >= 11 is 11.3. The molecule has 1 aromatic rings. The molecule has 0 bridgehead atoms. The number of alkyl halides is 2. The molecule has 0 unspecified atom stereocenters. The molecule has 1 N–H and O–H groups in total. The van der Waals surface area contributed by atoms with E-state index in [-0.39, 0.29) is 17.3 Å². The van der Waals surface area contributed by atoms with E-state index in [1.807, 2.05) is 13.1 Å². The number of hydrogen-bond acceptors (Lipinski definition) is 5. The van der Waals surface area contributed by atoms with Gasteiger partial charge in [-0.1, -0.05) is 61.2 Å². The van der Waals surface area contributed by atoms with E-state index in [0.29, 0.717) is 5.56 Å². The summed E-state index contributed by atoms with van der Waals surface area (Å²) in [5.74, 6) is -0.655. The summed E-state index contributed by atoms with van der Waals surface area (Å²) in [4.78, 5) is 24.0. The third kappa shape index (κ3) is 7.16. The second kappa shape index (κ2) is 10.3. The minimum atomic E-state index is -2.18. The molecule has 2 atom stereocenters. The maximum Gasteiger partial charge on any atom is 0.269 e. The van der Waals surface area contributed by atoms with E-state index in [4.69, 9.17) is 33.2 Å². The van der Waals surface area contributed by atoms with Crippen molar-refractivity contribution in [2.24, 2.45) is 5.11 Å². The van der Waals surface area contributed by atoms with E-state index >= 15 is 0 Å². The number of halogens is 2. The molecule has 1 aromatic carbocycles. The molecule has 9 nitrogen and oxygen atoms in total. The van der Waals surface area contributed by atoms with Gasteiger partial charge in [0.05, 0.1) is 23.6 Å². The van der Waals surface area contributed by atoms with Gasteiger partial charge in [0.2, 0.25) is 0 Å². The minimum absolute atomic E-state index is 0.0589. The van der Waals surface area contributed by atoms with Crippen molar-refractivity contribution in [3.05, 3.63) is 50.4 Å². The van der Waals surface area contributed by atoms with E-state index in [1.54, 1.807) is 0 Å². The average Bonchev–Trinajstić information content (AvgIpc) is 2.62. The molecule has 0 aromatic heterocycles. The Balaban J connectivity index is 3.25. The molecular weight excluding hydrogens is 437 g/mol. The second-order valence-corrected chi connectivity index (χ2v) is 13.9. The highest BCUT2D eigenvalue weighted by Gasteiger charge is 2.38. The smallest absolute Gasteiger partial charge is 0.269 e. The first-order valence-electron chi connectivity index (χ1n) is 8.81. The molecule has 160 valence electrons. The summed E-state index contributed by atoms with van der Waals surface area (Å²) in [5, 5.41) is 17.3. The van der Waals surface area contributed by atoms with Gasteiger partial charge in [-0.2, -0.15) is 0 Å². The summed E-state index contributed by atoms with van der Waals surface area (Å²) in [6.45, 7) is 10.4. The van der Waals surface area contributed by atoms with Gasteiger partial charge in [-0.05, 0) is 29.2 Å². The fourth-order valence-electron chi connectivity index (χ4n) is 2.20. The molecule has 29 heavy (non-hydrogen) atoms. The standard InChI is InChI=1S/C17H25Cl2N5O4Si/c1-17(2,3)29(4,5)28-10-13(21-16(25)15(18)19)14(22-23-20)11-6-8-12(9-7-11)24(26)27/h6-9,13-15H,10H2,1-5H3,(H,21,25)/t13-,14+/m1/s1. The van der Waals surface area contributed by atoms with Crippen LogP contribution < -0.4 is 5.32 Å². The van der Waals surface area contributed by atoms with Gasteiger partial charge in [-0.25, -0.2) is 0 Å². The predicted octanol–water partition coefficient (Wildman–Crippen LogP) is 5.26. The van der Waals surface area contributed by atoms with Crippen molar-refractivity contribution >= 4 is 43.1 Å². The molecule has 0 fully saturated rings. The third-order valence-corrected chi connectivity index (χ3v) is 9.86. The van der Waals surface area contributed by atoms with Gasteiger partial charge in [0.1, 0.15) is 0 Å². The van der Waals surface area contributed by atoms with Crippen LogP contribution in [0.5, 0.6) is 0 Å². The third-order valence-electron chi connectivity index (χ3n) is 4.96. The molecule has 1 amide bonds.